The van der Waals surface area contributed by atoms with Crippen molar-refractivity contribution in [3.8, 4) is 0 Å². The fourth-order valence-electron chi connectivity index (χ4n) is 3.21. The molecule has 0 amide bonds. The van der Waals surface area contributed by atoms with Crippen LogP contribution in [0.1, 0.15) is 23.5 Å². The molecule has 0 fully saturated rings. The van der Waals surface area contributed by atoms with E-state index >= 15 is 0 Å². The van der Waals surface area contributed by atoms with Gasteiger partial charge in [-0.15, -0.1) is 0 Å². The van der Waals surface area contributed by atoms with E-state index in [1.807, 2.05) is 49.7 Å². The molecule has 0 saturated heterocycles. The zero-order chi connectivity index (χ0) is 17.5. The van der Waals surface area contributed by atoms with Crippen molar-refractivity contribution < 1.29 is 8.42 Å². The lowest BCUT2D eigenvalue weighted by Crippen LogP contribution is -2.40. The molecule has 1 aliphatic heterocycles. The molecule has 3 rings (SSSR count). The van der Waals surface area contributed by atoms with Crippen LogP contribution < -0.4 is 9.62 Å². The molecule has 0 unspecified atom stereocenters. The first-order valence-corrected chi connectivity index (χ1v) is 9.57. The van der Waals surface area contributed by atoms with E-state index in [-0.39, 0.29) is 6.04 Å². The largest absolute Gasteiger partial charge is 0.377 e. The second-order valence-corrected chi connectivity index (χ2v) is 8.36. The second kappa shape index (κ2) is 6.22. The third kappa shape index (κ3) is 3.32. The molecule has 7 heteroatoms. The minimum atomic E-state index is -3.54. The lowest BCUT2D eigenvalue weighted by atomic mass is 10.1. The van der Waals surface area contributed by atoms with Gasteiger partial charge in [-0.1, -0.05) is 6.07 Å². The van der Waals surface area contributed by atoms with Crippen LogP contribution in [0.15, 0.2) is 29.3 Å². The van der Waals surface area contributed by atoms with Gasteiger partial charge >= 0.3 is 0 Å². The van der Waals surface area contributed by atoms with Gasteiger partial charge in [0.05, 0.1) is 10.6 Å². The van der Waals surface area contributed by atoms with Gasteiger partial charge in [0.25, 0.3) is 0 Å². The zero-order valence-corrected chi connectivity index (χ0v) is 15.4. The summed E-state index contributed by atoms with van der Waals surface area (Å²) in [7, 11) is 0.287. The molecule has 0 radical (unpaired) electrons. The minimum Gasteiger partial charge on any atom is -0.377 e. The average Bonchev–Trinajstić information content (AvgIpc) is 2.86. The highest BCUT2D eigenvalue weighted by Gasteiger charge is 2.25. The van der Waals surface area contributed by atoms with Crippen LogP contribution in [0.3, 0.4) is 0 Å². The topological polar surface area (TPSA) is 67.2 Å². The Bertz CT molecular complexity index is 855. The van der Waals surface area contributed by atoms with Crippen molar-refractivity contribution in [2.24, 2.45) is 0 Å². The highest BCUT2D eigenvalue weighted by atomic mass is 32.2. The first kappa shape index (κ1) is 17.0. The Morgan fingerprint density at radius 3 is 2.75 bits per heavy atom. The van der Waals surface area contributed by atoms with Crippen molar-refractivity contribution in [3.63, 3.8) is 0 Å². The van der Waals surface area contributed by atoms with Crippen LogP contribution in [0.2, 0.25) is 0 Å². The van der Waals surface area contributed by atoms with E-state index in [9.17, 15) is 8.42 Å². The van der Waals surface area contributed by atoms with Crippen LogP contribution in [-0.4, -0.2) is 38.1 Å². The summed E-state index contributed by atoms with van der Waals surface area (Å²) < 4.78 is 30.4. The van der Waals surface area contributed by atoms with Crippen LogP contribution in [0.5, 0.6) is 0 Å². The Labute approximate surface area is 143 Å². The van der Waals surface area contributed by atoms with E-state index in [4.69, 9.17) is 0 Å². The van der Waals surface area contributed by atoms with E-state index in [0.717, 1.165) is 35.6 Å². The highest BCUT2D eigenvalue weighted by molar-refractivity contribution is 7.89. The molecule has 6 nitrogen and oxygen atoms in total. The summed E-state index contributed by atoms with van der Waals surface area (Å²) in [4.78, 5) is 6.70. The zero-order valence-electron chi connectivity index (χ0n) is 14.6. The van der Waals surface area contributed by atoms with Crippen LogP contribution >= 0.6 is 0 Å². The summed E-state index contributed by atoms with van der Waals surface area (Å²) in [5.74, 6) is 1.04. The number of aryl methyl sites for hydroxylation is 3. The molecule has 2 aromatic rings. The molecule has 0 bridgehead atoms. The Morgan fingerprint density at radius 1 is 1.29 bits per heavy atom. The molecule has 130 valence electrons. The number of hydrogen-bond acceptors (Lipinski definition) is 4. The van der Waals surface area contributed by atoms with E-state index in [2.05, 4.69) is 9.71 Å². The highest BCUT2D eigenvalue weighted by Crippen LogP contribution is 2.23. The standard InChI is InChI=1S/C17H24N4O2S/c1-12-5-7-15(9-16(12)20(3)4)24(22,23)19-14-6-8-17-18-13(2)10-21(17)11-14/h5,7,9-10,14,19H,6,8,11H2,1-4H3/t14-/m0/s1. The van der Waals surface area contributed by atoms with Gasteiger partial charge < -0.3 is 9.47 Å². The number of hydrogen-bond donors (Lipinski definition) is 1. The number of rotatable bonds is 4. The van der Waals surface area contributed by atoms with Gasteiger partial charge in [0.1, 0.15) is 5.82 Å². The van der Waals surface area contributed by atoms with E-state index < -0.39 is 10.0 Å². The summed E-state index contributed by atoms with van der Waals surface area (Å²) in [6.07, 6.45) is 3.53. The van der Waals surface area contributed by atoms with Crippen molar-refractivity contribution in [1.29, 1.82) is 0 Å². The molecule has 0 aliphatic carbocycles. The van der Waals surface area contributed by atoms with Crippen molar-refractivity contribution in [1.82, 2.24) is 14.3 Å². The quantitative estimate of drug-likeness (QED) is 0.916. The number of nitrogens with zero attached hydrogens (tertiary/aromatic N) is 3. The lowest BCUT2D eigenvalue weighted by Gasteiger charge is -2.25. The summed E-state index contributed by atoms with van der Waals surface area (Å²) in [5, 5.41) is 0. The molecular formula is C17H24N4O2S. The predicted molar refractivity (Wildman–Crippen MR) is 94.9 cm³/mol. The van der Waals surface area contributed by atoms with Crippen molar-refractivity contribution in [3.05, 3.63) is 41.5 Å². The summed E-state index contributed by atoms with van der Waals surface area (Å²) >= 11 is 0. The fraction of sp³-hybridized carbons (Fsp3) is 0.471. The molecule has 2 heterocycles. The Hall–Kier alpha value is -1.86. The van der Waals surface area contributed by atoms with Crippen molar-refractivity contribution >= 4 is 15.7 Å². The lowest BCUT2D eigenvalue weighted by molar-refractivity contribution is 0.421. The number of aromatic nitrogens is 2. The van der Waals surface area contributed by atoms with Gasteiger partial charge in [0.15, 0.2) is 0 Å². The maximum atomic E-state index is 12.7. The van der Waals surface area contributed by atoms with Crippen molar-refractivity contribution in [2.45, 2.75) is 44.2 Å². The molecule has 1 aromatic heterocycles. The average molecular weight is 348 g/mol. The van der Waals surface area contributed by atoms with Crippen LogP contribution in [0.25, 0.3) is 0 Å². The minimum absolute atomic E-state index is 0.111. The first-order valence-electron chi connectivity index (χ1n) is 8.09. The molecule has 1 aromatic carbocycles. The molecule has 0 saturated carbocycles. The monoisotopic (exact) mass is 348 g/mol. The summed E-state index contributed by atoms with van der Waals surface area (Å²) in [6, 6.07) is 5.13. The van der Waals surface area contributed by atoms with Gasteiger partial charge in [-0.05, 0) is 38.0 Å². The van der Waals surface area contributed by atoms with Crippen LogP contribution in [0, 0.1) is 13.8 Å². The van der Waals surface area contributed by atoms with E-state index in [1.54, 1.807) is 12.1 Å². The third-order valence-corrected chi connectivity index (χ3v) is 5.93. The maximum Gasteiger partial charge on any atom is 0.240 e. The number of imidazole rings is 1. The predicted octanol–water partition coefficient (Wildman–Crippen LogP) is 1.86. The molecule has 1 atom stereocenters. The number of anilines is 1. The van der Waals surface area contributed by atoms with Gasteiger partial charge in [-0.25, -0.2) is 18.1 Å². The summed E-state index contributed by atoms with van der Waals surface area (Å²) in [6.45, 7) is 4.56. The third-order valence-electron chi connectivity index (χ3n) is 4.41. The number of sulfonamides is 1. The summed E-state index contributed by atoms with van der Waals surface area (Å²) in [5.41, 5.74) is 2.94. The molecule has 1 N–H and O–H groups in total. The number of fused-ring (bicyclic) bond motifs is 1. The van der Waals surface area contributed by atoms with Gasteiger partial charge in [-0.2, -0.15) is 0 Å². The molecular weight excluding hydrogens is 324 g/mol. The molecule has 0 spiro atoms. The normalized spacial score (nSPS) is 17.6. The number of nitrogens with one attached hydrogen (secondary N) is 1. The Balaban J connectivity index is 1.81. The van der Waals surface area contributed by atoms with Crippen LogP contribution in [-0.2, 0) is 23.0 Å². The second-order valence-electron chi connectivity index (χ2n) is 6.65. The van der Waals surface area contributed by atoms with Crippen molar-refractivity contribution in [2.75, 3.05) is 19.0 Å². The van der Waals surface area contributed by atoms with Gasteiger partial charge in [0.2, 0.25) is 10.0 Å². The molecule has 24 heavy (non-hydrogen) atoms. The van der Waals surface area contributed by atoms with Gasteiger partial charge in [-0.3, -0.25) is 0 Å². The van der Waals surface area contributed by atoms with Crippen LogP contribution in [0.4, 0.5) is 5.69 Å². The fourth-order valence-corrected chi connectivity index (χ4v) is 4.49. The van der Waals surface area contributed by atoms with E-state index in [1.165, 1.54) is 0 Å². The van der Waals surface area contributed by atoms with E-state index in [0.29, 0.717) is 11.4 Å². The molecule has 1 aliphatic rings. The Morgan fingerprint density at radius 2 is 2.04 bits per heavy atom. The smallest absolute Gasteiger partial charge is 0.240 e. The Kier molecular flexibility index (Phi) is 4.40. The SMILES string of the molecule is Cc1cn2c(n1)CC[C@H](NS(=O)(=O)c1ccc(C)c(N(C)C)c1)C2. The number of benzene rings is 1. The maximum absolute atomic E-state index is 12.7. The van der Waals surface area contributed by atoms with Gasteiger partial charge in [0, 0.05) is 45.0 Å². The first-order chi connectivity index (χ1) is 11.3.